The molecule has 0 radical (unpaired) electrons. The Morgan fingerprint density at radius 3 is 2.67 bits per heavy atom. The fraction of sp³-hybridized carbons (Fsp3) is 0.368. The molecule has 1 aliphatic rings. The number of aliphatic carboxylic acids is 1. The number of hydrogen-bond acceptors (Lipinski definition) is 4. The van der Waals surface area contributed by atoms with Crippen molar-refractivity contribution in [2.24, 2.45) is 0 Å². The molecular formula is C19H18O5. The first-order valence-corrected chi connectivity index (χ1v) is 8.19. The predicted molar refractivity (Wildman–Crippen MR) is 89.7 cm³/mol. The number of rotatable bonds is 2. The number of furan rings is 1. The SMILES string of the molecule is Cc1cc2oc(=O)c(CC(=O)O)c(C)c2c2oc3c(c12)CCCC3. The highest BCUT2D eigenvalue weighted by Gasteiger charge is 2.24. The van der Waals surface area contributed by atoms with Crippen molar-refractivity contribution in [3.63, 3.8) is 0 Å². The molecule has 4 rings (SSSR count). The Bertz CT molecular complexity index is 1050. The molecule has 124 valence electrons. The van der Waals surface area contributed by atoms with E-state index in [0.717, 1.165) is 53.4 Å². The van der Waals surface area contributed by atoms with Gasteiger partial charge in [-0.15, -0.1) is 0 Å². The lowest BCUT2D eigenvalue weighted by Gasteiger charge is -2.10. The molecule has 0 atom stereocenters. The molecule has 1 aromatic carbocycles. The highest BCUT2D eigenvalue weighted by Crippen LogP contribution is 2.39. The summed E-state index contributed by atoms with van der Waals surface area (Å²) in [6, 6.07) is 1.86. The third-order valence-electron chi connectivity index (χ3n) is 4.99. The van der Waals surface area contributed by atoms with Crippen LogP contribution in [-0.2, 0) is 24.1 Å². The number of hydrogen-bond donors (Lipinski definition) is 1. The van der Waals surface area contributed by atoms with Gasteiger partial charge in [0.15, 0.2) is 0 Å². The van der Waals surface area contributed by atoms with Crippen molar-refractivity contribution in [3.8, 4) is 0 Å². The Balaban J connectivity index is 2.15. The molecule has 0 saturated heterocycles. The molecule has 5 nitrogen and oxygen atoms in total. The molecular weight excluding hydrogens is 308 g/mol. The number of aryl methyl sites for hydroxylation is 4. The topological polar surface area (TPSA) is 80.7 Å². The third-order valence-corrected chi connectivity index (χ3v) is 4.99. The average Bonchev–Trinajstić information content (AvgIpc) is 2.90. The van der Waals surface area contributed by atoms with Crippen LogP contribution in [0.1, 0.15) is 40.9 Å². The van der Waals surface area contributed by atoms with Crippen LogP contribution in [0.5, 0.6) is 0 Å². The van der Waals surface area contributed by atoms with Crippen LogP contribution in [0, 0.1) is 13.8 Å². The van der Waals surface area contributed by atoms with Crippen molar-refractivity contribution < 1.29 is 18.7 Å². The number of carboxylic acid groups (broad SMARTS) is 1. The summed E-state index contributed by atoms with van der Waals surface area (Å²) in [5.41, 5.74) is 3.71. The van der Waals surface area contributed by atoms with E-state index >= 15 is 0 Å². The second-order valence-corrected chi connectivity index (χ2v) is 6.55. The van der Waals surface area contributed by atoms with E-state index in [0.29, 0.717) is 11.1 Å². The number of benzene rings is 1. The maximum Gasteiger partial charge on any atom is 0.340 e. The van der Waals surface area contributed by atoms with Crippen molar-refractivity contribution in [1.82, 2.24) is 0 Å². The normalized spacial score (nSPS) is 14.2. The fourth-order valence-electron chi connectivity index (χ4n) is 3.87. The third kappa shape index (κ3) is 2.08. The molecule has 1 aliphatic carbocycles. The minimum atomic E-state index is -1.05. The molecule has 24 heavy (non-hydrogen) atoms. The summed E-state index contributed by atoms with van der Waals surface area (Å²) in [6.45, 7) is 3.76. The van der Waals surface area contributed by atoms with Crippen LogP contribution in [0.2, 0.25) is 0 Å². The Morgan fingerprint density at radius 2 is 1.92 bits per heavy atom. The molecule has 0 bridgehead atoms. The van der Waals surface area contributed by atoms with Gasteiger partial charge in [-0.25, -0.2) is 4.79 Å². The number of carbonyl (C=O) groups is 1. The van der Waals surface area contributed by atoms with Gasteiger partial charge in [0, 0.05) is 17.4 Å². The molecule has 0 amide bonds. The summed E-state index contributed by atoms with van der Waals surface area (Å²) in [4.78, 5) is 23.3. The largest absolute Gasteiger partial charge is 0.481 e. The van der Waals surface area contributed by atoms with E-state index in [-0.39, 0.29) is 12.0 Å². The van der Waals surface area contributed by atoms with Crippen LogP contribution in [0.4, 0.5) is 0 Å². The van der Waals surface area contributed by atoms with Gasteiger partial charge in [-0.3, -0.25) is 4.79 Å². The minimum Gasteiger partial charge on any atom is -0.481 e. The van der Waals surface area contributed by atoms with Gasteiger partial charge >= 0.3 is 11.6 Å². The second-order valence-electron chi connectivity index (χ2n) is 6.55. The zero-order chi connectivity index (χ0) is 17.0. The van der Waals surface area contributed by atoms with Gasteiger partial charge in [-0.05, 0) is 50.3 Å². The van der Waals surface area contributed by atoms with Gasteiger partial charge in [0.05, 0.1) is 17.4 Å². The van der Waals surface area contributed by atoms with Gasteiger partial charge in [0.1, 0.15) is 16.9 Å². The molecule has 0 fully saturated rings. The van der Waals surface area contributed by atoms with Crippen LogP contribution < -0.4 is 5.63 Å². The first-order valence-electron chi connectivity index (χ1n) is 8.19. The van der Waals surface area contributed by atoms with Gasteiger partial charge in [0.2, 0.25) is 0 Å². The first kappa shape index (κ1) is 15.0. The molecule has 0 unspecified atom stereocenters. The van der Waals surface area contributed by atoms with Gasteiger partial charge in [0.25, 0.3) is 0 Å². The van der Waals surface area contributed by atoms with Crippen LogP contribution in [0.15, 0.2) is 19.7 Å². The Kier molecular flexibility index (Phi) is 3.27. The standard InChI is InChI=1S/C19H18O5/c1-9-7-14-17(10(2)12(8-15(20)21)19(22)24-14)18-16(9)11-5-3-4-6-13(11)23-18/h7H,3-6,8H2,1-2H3,(H,20,21). The summed E-state index contributed by atoms with van der Waals surface area (Å²) >= 11 is 0. The van der Waals surface area contributed by atoms with E-state index in [1.54, 1.807) is 6.92 Å². The van der Waals surface area contributed by atoms with Crippen molar-refractivity contribution in [1.29, 1.82) is 0 Å². The minimum absolute atomic E-state index is 0.189. The lowest BCUT2D eigenvalue weighted by Crippen LogP contribution is -2.15. The fourth-order valence-corrected chi connectivity index (χ4v) is 3.87. The molecule has 3 aromatic rings. The van der Waals surface area contributed by atoms with Crippen molar-refractivity contribution in [2.45, 2.75) is 46.0 Å². The molecule has 0 saturated carbocycles. The van der Waals surface area contributed by atoms with Crippen molar-refractivity contribution in [3.05, 3.63) is 44.5 Å². The maximum atomic E-state index is 12.2. The summed E-state index contributed by atoms with van der Waals surface area (Å²) in [5, 5.41) is 10.9. The molecule has 1 N–H and O–H groups in total. The van der Waals surface area contributed by atoms with Gasteiger partial charge in [-0.1, -0.05) is 0 Å². The monoisotopic (exact) mass is 326 g/mol. The van der Waals surface area contributed by atoms with Crippen LogP contribution >= 0.6 is 0 Å². The second kappa shape index (κ2) is 5.23. The van der Waals surface area contributed by atoms with Crippen LogP contribution in [0.3, 0.4) is 0 Å². The number of carboxylic acids is 1. The van der Waals surface area contributed by atoms with E-state index in [2.05, 4.69) is 0 Å². The van der Waals surface area contributed by atoms with E-state index < -0.39 is 11.6 Å². The maximum absolute atomic E-state index is 12.2. The van der Waals surface area contributed by atoms with Gasteiger partial charge < -0.3 is 13.9 Å². The van der Waals surface area contributed by atoms with E-state index in [4.69, 9.17) is 13.9 Å². The summed E-state index contributed by atoms with van der Waals surface area (Å²) in [7, 11) is 0. The van der Waals surface area contributed by atoms with Crippen molar-refractivity contribution >= 4 is 27.9 Å². The zero-order valence-electron chi connectivity index (χ0n) is 13.7. The Labute approximate surface area is 137 Å². The summed E-state index contributed by atoms with van der Waals surface area (Å²) in [5.74, 6) is -0.0379. The molecule has 2 heterocycles. The predicted octanol–water partition coefficient (Wildman–Crippen LogP) is 3.66. The summed E-state index contributed by atoms with van der Waals surface area (Å²) in [6.07, 6.45) is 3.82. The number of fused-ring (bicyclic) bond motifs is 5. The Hall–Kier alpha value is -2.56. The van der Waals surface area contributed by atoms with Crippen LogP contribution in [0.25, 0.3) is 21.9 Å². The lowest BCUT2D eigenvalue weighted by molar-refractivity contribution is -0.136. The molecule has 2 aromatic heterocycles. The van der Waals surface area contributed by atoms with E-state index in [9.17, 15) is 9.59 Å². The van der Waals surface area contributed by atoms with E-state index in [1.807, 2.05) is 13.0 Å². The van der Waals surface area contributed by atoms with E-state index in [1.165, 1.54) is 5.56 Å². The zero-order valence-corrected chi connectivity index (χ0v) is 13.7. The highest BCUT2D eigenvalue weighted by atomic mass is 16.4. The molecule has 0 spiro atoms. The first-order chi connectivity index (χ1) is 11.5. The molecule has 0 aliphatic heterocycles. The Morgan fingerprint density at radius 1 is 1.17 bits per heavy atom. The summed E-state index contributed by atoms with van der Waals surface area (Å²) < 4.78 is 11.6. The highest BCUT2D eigenvalue weighted by molar-refractivity contribution is 6.07. The van der Waals surface area contributed by atoms with Crippen molar-refractivity contribution in [2.75, 3.05) is 0 Å². The average molecular weight is 326 g/mol. The lowest BCUT2D eigenvalue weighted by atomic mass is 9.92. The van der Waals surface area contributed by atoms with Gasteiger partial charge in [-0.2, -0.15) is 0 Å². The smallest absolute Gasteiger partial charge is 0.340 e. The quantitative estimate of drug-likeness (QED) is 0.727. The van der Waals surface area contributed by atoms with Crippen LogP contribution in [-0.4, -0.2) is 11.1 Å². The molecule has 5 heteroatoms.